The standard InChI is InChI=1S/C27H19F4N3O2/c1-15-8-21-12-20(14-35)33-34(21)26(18-4-5-22(23(28)11-18)27(29,30)31)25(15)24(36)10-16-2-3-19-13-32-7-6-17(19)9-16/h2-7,9,11-14,26H,8,10H2,1H3. The largest absolute Gasteiger partial charge is 0.419 e. The van der Waals surface area contributed by atoms with Crippen LogP contribution in [-0.4, -0.2) is 26.8 Å². The second kappa shape index (κ2) is 8.82. The normalized spacial score (nSPS) is 15.8. The van der Waals surface area contributed by atoms with Gasteiger partial charge in [-0.05, 0) is 47.7 Å². The Balaban J connectivity index is 1.58. The monoisotopic (exact) mass is 493 g/mol. The average Bonchev–Trinajstić information content (AvgIpc) is 3.24. The fraction of sp³-hybridized carbons (Fsp3) is 0.185. The molecule has 0 bridgehead atoms. The van der Waals surface area contributed by atoms with E-state index in [1.807, 2.05) is 24.3 Å². The minimum Gasteiger partial charge on any atom is -0.296 e. The highest BCUT2D eigenvalue weighted by atomic mass is 19.4. The van der Waals surface area contributed by atoms with Crippen molar-refractivity contribution in [2.45, 2.75) is 32.0 Å². The number of pyridine rings is 1. The molecule has 1 aliphatic heterocycles. The molecule has 0 aliphatic carbocycles. The summed E-state index contributed by atoms with van der Waals surface area (Å²) in [6.07, 6.45) is -0.579. The number of benzene rings is 2. The molecule has 5 rings (SSSR count). The Kier molecular flexibility index (Phi) is 5.78. The zero-order valence-electron chi connectivity index (χ0n) is 19.0. The minimum atomic E-state index is -4.85. The smallest absolute Gasteiger partial charge is 0.296 e. The van der Waals surface area contributed by atoms with E-state index in [9.17, 15) is 27.2 Å². The van der Waals surface area contributed by atoms with Gasteiger partial charge in [-0.2, -0.15) is 18.3 Å². The molecule has 9 heteroatoms. The number of hydrogen-bond donors (Lipinski definition) is 0. The first-order valence-electron chi connectivity index (χ1n) is 11.1. The van der Waals surface area contributed by atoms with E-state index in [1.165, 1.54) is 4.68 Å². The van der Waals surface area contributed by atoms with Gasteiger partial charge in [0.05, 0.1) is 5.56 Å². The Bertz CT molecular complexity index is 1550. The molecule has 0 amide bonds. The molecule has 0 spiro atoms. The summed E-state index contributed by atoms with van der Waals surface area (Å²) in [6, 6.07) is 10.6. The molecular formula is C27H19F4N3O2. The van der Waals surface area contributed by atoms with Crippen molar-refractivity contribution >= 4 is 22.8 Å². The first-order chi connectivity index (χ1) is 17.2. The number of alkyl halides is 3. The molecule has 1 unspecified atom stereocenters. The van der Waals surface area contributed by atoms with Crippen LogP contribution in [0.3, 0.4) is 0 Å². The molecule has 0 N–H and O–H groups in total. The fourth-order valence-electron chi connectivity index (χ4n) is 4.74. The number of aromatic nitrogens is 3. The van der Waals surface area contributed by atoms with E-state index in [1.54, 1.807) is 25.4 Å². The maximum Gasteiger partial charge on any atom is 0.419 e. The Morgan fingerprint density at radius 1 is 1.11 bits per heavy atom. The fourth-order valence-corrected chi connectivity index (χ4v) is 4.74. The third-order valence-corrected chi connectivity index (χ3v) is 6.36. The van der Waals surface area contributed by atoms with Crippen LogP contribution in [0.1, 0.15) is 45.8 Å². The van der Waals surface area contributed by atoms with Gasteiger partial charge < -0.3 is 0 Å². The third kappa shape index (κ3) is 4.21. The highest BCUT2D eigenvalue weighted by Crippen LogP contribution is 2.39. The molecule has 0 saturated heterocycles. The van der Waals surface area contributed by atoms with Crippen molar-refractivity contribution in [2.75, 3.05) is 0 Å². The highest BCUT2D eigenvalue weighted by molar-refractivity contribution is 5.99. The van der Waals surface area contributed by atoms with Crippen molar-refractivity contribution in [3.63, 3.8) is 0 Å². The van der Waals surface area contributed by atoms with Crippen molar-refractivity contribution in [1.82, 2.24) is 14.8 Å². The number of hydrogen-bond acceptors (Lipinski definition) is 4. The second-order valence-corrected chi connectivity index (χ2v) is 8.79. The molecule has 4 aromatic rings. The van der Waals surface area contributed by atoms with E-state index < -0.39 is 23.6 Å². The first kappa shape index (κ1) is 23.6. The lowest BCUT2D eigenvalue weighted by molar-refractivity contribution is -0.140. The molecule has 0 fully saturated rings. The van der Waals surface area contributed by atoms with E-state index in [0.29, 0.717) is 35.6 Å². The Morgan fingerprint density at radius 2 is 1.92 bits per heavy atom. The van der Waals surface area contributed by atoms with Crippen molar-refractivity contribution in [1.29, 1.82) is 0 Å². The van der Waals surface area contributed by atoms with Crippen molar-refractivity contribution in [3.8, 4) is 0 Å². The van der Waals surface area contributed by atoms with Gasteiger partial charge in [-0.25, -0.2) is 4.39 Å². The number of halogens is 4. The van der Waals surface area contributed by atoms with Crippen LogP contribution in [0.25, 0.3) is 10.8 Å². The molecule has 0 saturated carbocycles. The van der Waals surface area contributed by atoms with Crippen LogP contribution in [0.15, 0.2) is 72.1 Å². The predicted molar refractivity (Wildman–Crippen MR) is 124 cm³/mol. The summed E-state index contributed by atoms with van der Waals surface area (Å²) < 4.78 is 55.5. The number of ketones is 1. The van der Waals surface area contributed by atoms with Gasteiger partial charge in [-0.3, -0.25) is 19.3 Å². The van der Waals surface area contributed by atoms with Gasteiger partial charge in [0.15, 0.2) is 12.1 Å². The van der Waals surface area contributed by atoms with Crippen LogP contribution < -0.4 is 0 Å². The van der Waals surface area contributed by atoms with Crippen molar-refractivity contribution in [2.24, 2.45) is 0 Å². The summed E-state index contributed by atoms with van der Waals surface area (Å²) in [7, 11) is 0. The lowest BCUT2D eigenvalue weighted by Gasteiger charge is -2.29. The molecule has 1 aliphatic rings. The summed E-state index contributed by atoms with van der Waals surface area (Å²) in [5.74, 6) is -1.71. The maximum atomic E-state index is 14.6. The summed E-state index contributed by atoms with van der Waals surface area (Å²) in [5, 5.41) is 6.09. The number of carbonyl (C=O) groups excluding carboxylic acids is 2. The molecule has 0 radical (unpaired) electrons. The average molecular weight is 493 g/mol. The molecule has 2 aromatic heterocycles. The second-order valence-electron chi connectivity index (χ2n) is 8.79. The van der Waals surface area contributed by atoms with Crippen molar-refractivity contribution in [3.05, 3.63) is 106 Å². The molecule has 1 atom stereocenters. The summed E-state index contributed by atoms with van der Waals surface area (Å²) in [5.41, 5.74) is 1.21. The lowest BCUT2D eigenvalue weighted by atomic mass is 9.85. The number of fused-ring (bicyclic) bond motifs is 2. The molecular weight excluding hydrogens is 474 g/mol. The Morgan fingerprint density at radius 3 is 2.64 bits per heavy atom. The van der Waals surface area contributed by atoms with Crippen molar-refractivity contribution < 1.29 is 27.2 Å². The van der Waals surface area contributed by atoms with Gasteiger partial charge in [-0.15, -0.1) is 0 Å². The number of nitrogens with zero attached hydrogens (tertiary/aromatic N) is 3. The first-order valence-corrected chi connectivity index (χ1v) is 11.1. The quantitative estimate of drug-likeness (QED) is 0.265. The van der Waals surface area contributed by atoms with E-state index >= 15 is 0 Å². The summed E-state index contributed by atoms with van der Waals surface area (Å²) in [6.45, 7) is 1.75. The highest BCUT2D eigenvalue weighted by Gasteiger charge is 2.37. The SMILES string of the molecule is CC1=C(C(=O)Cc2ccc3cnccc3c2)C(c2ccc(C(F)(F)F)c(F)c2)n2nc(C=O)cc2C1. The van der Waals surface area contributed by atoms with E-state index in [2.05, 4.69) is 10.1 Å². The number of allylic oxidation sites excluding steroid dienone is 2. The van der Waals surface area contributed by atoms with Gasteiger partial charge in [0.25, 0.3) is 0 Å². The van der Waals surface area contributed by atoms with E-state index in [4.69, 9.17) is 0 Å². The van der Waals surface area contributed by atoms with Crippen LogP contribution in [0, 0.1) is 5.82 Å². The van der Waals surface area contributed by atoms with Crippen LogP contribution in [0.5, 0.6) is 0 Å². The topological polar surface area (TPSA) is 64.8 Å². The number of Topliss-reactive ketones (excluding diaryl/α,β-unsaturated/α-hetero) is 1. The molecule has 36 heavy (non-hydrogen) atoms. The molecule has 182 valence electrons. The Labute approximate surface area is 203 Å². The zero-order chi connectivity index (χ0) is 25.6. The Hall–Kier alpha value is -4.14. The summed E-state index contributed by atoms with van der Waals surface area (Å²) in [4.78, 5) is 29.1. The predicted octanol–water partition coefficient (Wildman–Crippen LogP) is 5.68. The number of carbonyl (C=O) groups is 2. The number of aldehydes is 1. The van der Waals surface area contributed by atoms with Crippen LogP contribution in [0.4, 0.5) is 17.6 Å². The van der Waals surface area contributed by atoms with Crippen LogP contribution in [0.2, 0.25) is 0 Å². The number of rotatable bonds is 5. The maximum absolute atomic E-state index is 14.6. The molecule has 5 nitrogen and oxygen atoms in total. The minimum absolute atomic E-state index is 0.0295. The summed E-state index contributed by atoms with van der Waals surface area (Å²) >= 11 is 0. The van der Waals surface area contributed by atoms with Crippen LogP contribution in [-0.2, 0) is 23.8 Å². The van der Waals surface area contributed by atoms with E-state index in [0.717, 1.165) is 28.5 Å². The van der Waals surface area contributed by atoms with E-state index in [-0.39, 0.29) is 23.5 Å². The van der Waals surface area contributed by atoms with Gasteiger partial charge in [0, 0.05) is 41.9 Å². The zero-order valence-corrected chi connectivity index (χ0v) is 19.0. The van der Waals surface area contributed by atoms with Crippen LogP contribution >= 0.6 is 0 Å². The molecule has 3 heterocycles. The van der Waals surface area contributed by atoms with Gasteiger partial charge in [-0.1, -0.05) is 29.8 Å². The van der Waals surface area contributed by atoms with Gasteiger partial charge >= 0.3 is 6.18 Å². The van der Waals surface area contributed by atoms with Gasteiger partial charge in [0.1, 0.15) is 17.6 Å². The molecule has 2 aromatic carbocycles. The van der Waals surface area contributed by atoms with Gasteiger partial charge in [0.2, 0.25) is 0 Å². The third-order valence-electron chi connectivity index (χ3n) is 6.36. The lowest BCUT2D eigenvalue weighted by Crippen LogP contribution is -2.28.